The second kappa shape index (κ2) is 5.35. The van der Waals surface area contributed by atoms with Gasteiger partial charge in [-0.15, -0.1) is 0 Å². The first-order chi connectivity index (χ1) is 10.1. The van der Waals surface area contributed by atoms with Crippen molar-refractivity contribution in [3.8, 4) is 0 Å². The highest BCUT2D eigenvalue weighted by molar-refractivity contribution is 5.94. The lowest BCUT2D eigenvalue weighted by atomic mass is 9.77. The largest absolute Gasteiger partial charge is 0.480 e. The van der Waals surface area contributed by atoms with Gasteiger partial charge in [0.25, 0.3) is 0 Å². The number of nitrogens with zero attached hydrogens (tertiary/aromatic N) is 1. The molecule has 2 N–H and O–H groups in total. The molecule has 0 aliphatic heterocycles. The molecule has 21 heavy (non-hydrogen) atoms. The molecule has 1 saturated carbocycles. The monoisotopic (exact) mass is 284 g/mol. The Morgan fingerprint density at radius 1 is 1.29 bits per heavy atom. The molecule has 110 valence electrons. The van der Waals surface area contributed by atoms with E-state index in [1.165, 1.54) is 0 Å². The molecule has 0 amide bonds. The summed E-state index contributed by atoms with van der Waals surface area (Å²) in [5.41, 5.74) is 0.890. The normalized spacial score (nSPS) is 25.7. The van der Waals surface area contributed by atoms with Crippen LogP contribution in [0.3, 0.4) is 0 Å². The predicted octanol–water partition coefficient (Wildman–Crippen LogP) is 3.68. The summed E-state index contributed by atoms with van der Waals surface area (Å²) in [6, 6.07) is 9.67. The first-order valence-corrected chi connectivity index (χ1v) is 7.46. The van der Waals surface area contributed by atoms with E-state index in [0.29, 0.717) is 18.8 Å². The van der Waals surface area contributed by atoms with Crippen LogP contribution in [-0.2, 0) is 4.79 Å². The first-order valence-electron chi connectivity index (χ1n) is 7.46. The van der Waals surface area contributed by atoms with E-state index < -0.39 is 11.5 Å². The minimum absolute atomic E-state index is 0.605. The van der Waals surface area contributed by atoms with Crippen molar-refractivity contribution in [3.05, 3.63) is 36.5 Å². The number of carboxylic acids is 1. The van der Waals surface area contributed by atoms with Gasteiger partial charge in [0.2, 0.25) is 0 Å². The van der Waals surface area contributed by atoms with Gasteiger partial charge < -0.3 is 10.4 Å². The average Bonchev–Trinajstić information content (AvgIpc) is 2.50. The van der Waals surface area contributed by atoms with Crippen LogP contribution in [0.5, 0.6) is 0 Å². The number of pyridine rings is 1. The van der Waals surface area contributed by atoms with Crippen molar-refractivity contribution in [1.82, 2.24) is 4.98 Å². The van der Waals surface area contributed by atoms with Crippen molar-refractivity contribution < 1.29 is 9.90 Å². The Morgan fingerprint density at radius 2 is 2.00 bits per heavy atom. The van der Waals surface area contributed by atoms with E-state index in [1.54, 1.807) is 6.20 Å². The molecule has 0 bridgehead atoms. The van der Waals surface area contributed by atoms with Crippen LogP contribution in [0.15, 0.2) is 36.5 Å². The van der Waals surface area contributed by atoms with Gasteiger partial charge >= 0.3 is 5.97 Å². The van der Waals surface area contributed by atoms with E-state index in [2.05, 4.69) is 17.2 Å². The first kappa shape index (κ1) is 13.9. The lowest BCUT2D eigenvalue weighted by molar-refractivity contribution is -0.143. The number of benzene rings is 1. The van der Waals surface area contributed by atoms with Crippen LogP contribution in [0.1, 0.15) is 32.6 Å². The highest BCUT2D eigenvalue weighted by Crippen LogP contribution is 2.36. The number of para-hydroxylation sites is 1. The molecule has 1 heterocycles. The summed E-state index contributed by atoms with van der Waals surface area (Å²) in [5, 5.41) is 14.0. The number of rotatable bonds is 3. The molecular formula is C17H20N2O2. The highest BCUT2D eigenvalue weighted by atomic mass is 16.4. The van der Waals surface area contributed by atoms with Gasteiger partial charge in [0.1, 0.15) is 5.54 Å². The smallest absolute Gasteiger partial charge is 0.329 e. The maximum Gasteiger partial charge on any atom is 0.329 e. The van der Waals surface area contributed by atoms with Crippen LogP contribution >= 0.6 is 0 Å². The summed E-state index contributed by atoms with van der Waals surface area (Å²) < 4.78 is 0. The Bertz CT molecular complexity index is 655. The molecule has 4 nitrogen and oxygen atoms in total. The van der Waals surface area contributed by atoms with Crippen molar-refractivity contribution in [3.63, 3.8) is 0 Å². The van der Waals surface area contributed by atoms with Gasteiger partial charge in [-0.2, -0.15) is 0 Å². The maximum absolute atomic E-state index is 11.8. The second-order valence-corrected chi connectivity index (χ2v) is 6.07. The number of aromatic nitrogens is 1. The van der Waals surface area contributed by atoms with Crippen molar-refractivity contribution in [2.45, 2.75) is 38.1 Å². The second-order valence-electron chi connectivity index (χ2n) is 6.07. The zero-order valence-corrected chi connectivity index (χ0v) is 12.2. The molecule has 1 aliphatic carbocycles. The fourth-order valence-electron chi connectivity index (χ4n) is 3.11. The third-order valence-electron chi connectivity index (χ3n) is 4.56. The minimum atomic E-state index is -0.851. The quantitative estimate of drug-likeness (QED) is 0.902. The van der Waals surface area contributed by atoms with Crippen LogP contribution in [0, 0.1) is 5.92 Å². The maximum atomic E-state index is 11.8. The Kier molecular flexibility index (Phi) is 3.53. The summed E-state index contributed by atoms with van der Waals surface area (Å²) in [6.07, 6.45) is 4.95. The third kappa shape index (κ3) is 2.58. The zero-order chi connectivity index (χ0) is 14.9. The Balaban J connectivity index is 1.97. The molecule has 0 radical (unpaired) electrons. The van der Waals surface area contributed by atoms with Gasteiger partial charge in [0.05, 0.1) is 5.52 Å². The van der Waals surface area contributed by atoms with Gasteiger partial charge in [0, 0.05) is 17.3 Å². The molecule has 2 aromatic rings. The average molecular weight is 284 g/mol. The van der Waals surface area contributed by atoms with Gasteiger partial charge in [-0.1, -0.05) is 25.1 Å². The van der Waals surface area contributed by atoms with Gasteiger partial charge in [-0.3, -0.25) is 4.98 Å². The molecular weight excluding hydrogens is 264 g/mol. The van der Waals surface area contributed by atoms with Gasteiger partial charge in [-0.05, 0) is 43.7 Å². The van der Waals surface area contributed by atoms with Crippen LogP contribution < -0.4 is 5.32 Å². The van der Waals surface area contributed by atoms with E-state index in [9.17, 15) is 9.90 Å². The summed E-state index contributed by atoms with van der Waals surface area (Å²) in [4.78, 5) is 16.2. The summed E-state index contributed by atoms with van der Waals surface area (Å²) in [5.74, 6) is -0.149. The van der Waals surface area contributed by atoms with E-state index >= 15 is 0 Å². The molecule has 0 atom stereocenters. The van der Waals surface area contributed by atoms with Gasteiger partial charge in [-0.25, -0.2) is 4.79 Å². The van der Waals surface area contributed by atoms with E-state index in [4.69, 9.17) is 0 Å². The molecule has 1 aliphatic rings. The number of hydrogen-bond acceptors (Lipinski definition) is 3. The van der Waals surface area contributed by atoms with Crippen molar-refractivity contribution in [2.24, 2.45) is 5.92 Å². The van der Waals surface area contributed by atoms with Crippen LogP contribution in [-0.4, -0.2) is 21.6 Å². The minimum Gasteiger partial charge on any atom is -0.480 e. The lowest BCUT2D eigenvalue weighted by Crippen LogP contribution is -2.48. The Labute approximate surface area is 124 Å². The van der Waals surface area contributed by atoms with E-state index in [1.807, 2.05) is 30.3 Å². The number of carboxylic acid groups (broad SMARTS) is 1. The number of aliphatic carboxylic acids is 1. The molecule has 0 unspecified atom stereocenters. The number of anilines is 1. The van der Waals surface area contributed by atoms with Crippen molar-refractivity contribution >= 4 is 22.6 Å². The third-order valence-corrected chi connectivity index (χ3v) is 4.56. The standard InChI is InChI=1S/C17H20N2O2/c1-12-6-9-17(10-7-12,16(20)21)19-15-8-11-18-14-5-3-2-4-13(14)15/h2-5,8,11-12H,6-7,9-10H2,1H3,(H,18,19)(H,20,21). The van der Waals surface area contributed by atoms with Crippen molar-refractivity contribution in [2.75, 3.05) is 5.32 Å². The number of hydrogen-bond donors (Lipinski definition) is 2. The number of nitrogens with one attached hydrogen (secondary N) is 1. The number of fused-ring (bicyclic) bond motifs is 1. The Hall–Kier alpha value is -2.10. The van der Waals surface area contributed by atoms with Crippen LogP contribution in [0.25, 0.3) is 10.9 Å². The molecule has 3 rings (SSSR count). The molecule has 4 heteroatoms. The van der Waals surface area contributed by atoms with Gasteiger partial charge in [0.15, 0.2) is 0 Å². The fraction of sp³-hybridized carbons (Fsp3) is 0.412. The van der Waals surface area contributed by atoms with E-state index in [0.717, 1.165) is 29.4 Å². The molecule has 0 saturated heterocycles. The van der Waals surface area contributed by atoms with Crippen LogP contribution in [0.2, 0.25) is 0 Å². The topological polar surface area (TPSA) is 62.2 Å². The lowest BCUT2D eigenvalue weighted by Gasteiger charge is -2.37. The summed E-state index contributed by atoms with van der Waals surface area (Å²) in [7, 11) is 0. The summed E-state index contributed by atoms with van der Waals surface area (Å²) >= 11 is 0. The molecule has 1 aromatic heterocycles. The highest BCUT2D eigenvalue weighted by Gasteiger charge is 2.41. The Morgan fingerprint density at radius 3 is 2.71 bits per heavy atom. The fourth-order valence-corrected chi connectivity index (χ4v) is 3.11. The predicted molar refractivity (Wildman–Crippen MR) is 83.4 cm³/mol. The SMILES string of the molecule is CC1CCC(Nc2ccnc3ccccc23)(C(=O)O)CC1. The summed E-state index contributed by atoms with van der Waals surface area (Å²) in [6.45, 7) is 2.19. The number of carbonyl (C=O) groups is 1. The molecule has 0 spiro atoms. The molecule has 1 fully saturated rings. The molecule has 1 aromatic carbocycles. The van der Waals surface area contributed by atoms with Crippen molar-refractivity contribution in [1.29, 1.82) is 0 Å². The zero-order valence-electron chi connectivity index (χ0n) is 12.2. The van der Waals surface area contributed by atoms with Crippen LogP contribution in [0.4, 0.5) is 5.69 Å². The van der Waals surface area contributed by atoms with E-state index in [-0.39, 0.29) is 0 Å².